The van der Waals surface area contributed by atoms with Crippen LogP contribution in [0.25, 0.3) is 0 Å². The number of amides is 1. The van der Waals surface area contributed by atoms with E-state index in [1.54, 1.807) is 29.2 Å². The summed E-state index contributed by atoms with van der Waals surface area (Å²) in [5, 5.41) is 0. The van der Waals surface area contributed by atoms with E-state index in [4.69, 9.17) is 4.74 Å². The molecule has 2 aromatic rings. The number of carbonyl (C=O) groups excluding carboxylic acids is 2. The SMILES string of the molecule is CC1CN(C(=O)c2ccccc2C(=O)c2ccc(F)cc2)CCO1. The lowest BCUT2D eigenvalue weighted by molar-refractivity contribution is -0.0124. The molecular formula is C19H18FNO3. The Labute approximate surface area is 139 Å². The van der Waals surface area contributed by atoms with Gasteiger partial charge in [0, 0.05) is 24.2 Å². The fraction of sp³-hybridized carbons (Fsp3) is 0.263. The lowest BCUT2D eigenvalue weighted by Crippen LogP contribution is -2.44. The van der Waals surface area contributed by atoms with Gasteiger partial charge in [0.15, 0.2) is 5.78 Å². The third kappa shape index (κ3) is 3.36. The molecule has 2 aromatic carbocycles. The Kier molecular flexibility index (Phi) is 4.71. The first-order valence-corrected chi connectivity index (χ1v) is 7.86. The summed E-state index contributed by atoms with van der Waals surface area (Å²) in [6, 6.07) is 12.1. The van der Waals surface area contributed by atoms with Gasteiger partial charge in [0.25, 0.3) is 5.91 Å². The standard InChI is InChI=1S/C19H18FNO3/c1-13-12-21(10-11-24-13)19(23)17-5-3-2-4-16(17)18(22)14-6-8-15(20)9-7-14/h2-9,13H,10-12H2,1H3. The maximum absolute atomic E-state index is 13.1. The number of carbonyl (C=O) groups is 2. The highest BCUT2D eigenvalue weighted by Crippen LogP contribution is 2.18. The summed E-state index contributed by atoms with van der Waals surface area (Å²) in [6.45, 7) is 3.40. The molecule has 1 heterocycles. The first-order valence-electron chi connectivity index (χ1n) is 7.86. The maximum Gasteiger partial charge on any atom is 0.254 e. The quantitative estimate of drug-likeness (QED) is 0.815. The van der Waals surface area contributed by atoms with E-state index in [-0.39, 0.29) is 17.8 Å². The number of halogens is 1. The van der Waals surface area contributed by atoms with Crippen LogP contribution in [0.1, 0.15) is 33.2 Å². The monoisotopic (exact) mass is 327 g/mol. The van der Waals surface area contributed by atoms with Crippen LogP contribution in [-0.2, 0) is 4.74 Å². The first kappa shape index (κ1) is 16.3. The fourth-order valence-electron chi connectivity index (χ4n) is 2.80. The minimum absolute atomic E-state index is 0.0253. The molecule has 24 heavy (non-hydrogen) atoms. The molecule has 1 fully saturated rings. The van der Waals surface area contributed by atoms with Crippen molar-refractivity contribution in [2.45, 2.75) is 13.0 Å². The van der Waals surface area contributed by atoms with E-state index in [0.29, 0.717) is 36.4 Å². The summed E-state index contributed by atoms with van der Waals surface area (Å²) in [7, 11) is 0. The second kappa shape index (κ2) is 6.93. The second-order valence-electron chi connectivity index (χ2n) is 5.81. The van der Waals surface area contributed by atoms with Crippen LogP contribution in [-0.4, -0.2) is 42.4 Å². The third-order valence-corrected chi connectivity index (χ3v) is 4.04. The van der Waals surface area contributed by atoms with Gasteiger partial charge < -0.3 is 9.64 Å². The van der Waals surface area contributed by atoms with Crippen LogP contribution in [0.5, 0.6) is 0 Å². The van der Waals surface area contributed by atoms with Crippen LogP contribution in [0.15, 0.2) is 48.5 Å². The third-order valence-electron chi connectivity index (χ3n) is 4.04. The normalized spacial score (nSPS) is 17.6. The van der Waals surface area contributed by atoms with Gasteiger partial charge in [0.2, 0.25) is 0 Å². The molecule has 4 nitrogen and oxygen atoms in total. The highest BCUT2D eigenvalue weighted by atomic mass is 19.1. The zero-order valence-corrected chi connectivity index (χ0v) is 13.4. The van der Waals surface area contributed by atoms with Crippen LogP contribution in [0, 0.1) is 5.82 Å². The van der Waals surface area contributed by atoms with Crippen molar-refractivity contribution in [1.82, 2.24) is 4.90 Å². The molecule has 1 saturated heterocycles. The molecule has 3 rings (SSSR count). The molecule has 1 aliphatic rings. The fourth-order valence-corrected chi connectivity index (χ4v) is 2.80. The Morgan fingerprint density at radius 1 is 1.08 bits per heavy atom. The minimum Gasteiger partial charge on any atom is -0.375 e. The van der Waals surface area contributed by atoms with E-state index in [9.17, 15) is 14.0 Å². The largest absolute Gasteiger partial charge is 0.375 e. The maximum atomic E-state index is 13.1. The molecule has 0 spiro atoms. The highest BCUT2D eigenvalue weighted by molar-refractivity contribution is 6.15. The van der Waals surface area contributed by atoms with E-state index >= 15 is 0 Å². The summed E-state index contributed by atoms with van der Waals surface area (Å²) in [5.41, 5.74) is 1.04. The average molecular weight is 327 g/mol. The van der Waals surface area contributed by atoms with Gasteiger partial charge in [-0.15, -0.1) is 0 Å². The average Bonchev–Trinajstić information content (AvgIpc) is 2.61. The molecule has 0 N–H and O–H groups in total. The number of hydrogen-bond donors (Lipinski definition) is 0. The molecular weight excluding hydrogens is 309 g/mol. The minimum atomic E-state index is -0.404. The zero-order valence-electron chi connectivity index (χ0n) is 13.4. The van der Waals surface area contributed by atoms with Gasteiger partial charge in [0.1, 0.15) is 5.82 Å². The van der Waals surface area contributed by atoms with Crippen molar-refractivity contribution < 1.29 is 18.7 Å². The van der Waals surface area contributed by atoms with Crippen molar-refractivity contribution >= 4 is 11.7 Å². The summed E-state index contributed by atoms with van der Waals surface area (Å²) < 4.78 is 18.5. The van der Waals surface area contributed by atoms with Gasteiger partial charge in [-0.2, -0.15) is 0 Å². The van der Waals surface area contributed by atoms with Crippen LogP contribution in [0.3, 0.4) is 0 Å². The van der Waals surface area contributed by atoms with Crippen LogP contribution >= 0.6 is 0 Å². The van der Waals surface area contributed by atoms with Gasteiger partial charge in [-0.05, 0) is 37.3 Å². The van der Waals surface area contributed by atoms with Crippen molar-refractivity contribution in [2.75, 3.05) is 19.7 Å². The number of hydrogen-bond acceptors (Lipinski definition) is 3. The lowest BCUT2D eigenvalue weighted by atomic mass is 9.97. The molecule has 1 atom stereocenters. The molecule has 1 aliphatic heterocycles. The van der Waals surface area contributed by atoms with Crippen molar-refractivity contribution in [1.29, 1.82) is 0 Å². The predicted molar refractivity (Wildman–Crippen MR) is 87.6 cm³/mol. The van der Waals surface area contributed by atoms with Crippen LogP contribution in [0.2, 0.25) is 0 Å². The summed E-state index contributed by atoms with van der Waals surface area (Å²) in [6.07, 6.45) is -0.0253. The molecule has 0 aromatic heterocycles. The molecule has 1 unspecified atom stereocenters. The summed E-state index contributed by atoms with van der Waals surface area (Å²) in [4.78, 5) is 27.2. The molecule has 0 saturated carbocycles. The topological polar surface area (TPSA) is 46.6 Å². The number of ether oxygens (including phenoxy) is 1. The molecule has 5 heteroatoms. The highest BCUT2D eigenvalue weighted by Gasteiger charge is 2.26. The van der Waals surface area contributed by atoms with E-state index in [1.807, 2.05) is 6.92 Å². The molecule has 0 radical (unpaired) electrons. The number of rotatable bonds is 3. The smallest absolute Gasteiger partial charge is 0.254 e. The number of morpholine rings is 1. The van der Waals surface area contributed by atoms with E-state index in [1.165, 1.54) is 24.3 Å². The molecule has 1 amide bonds. The van der Waals surface area contributed by atoms with E-state index in [0.717, 1.165) is 0 Å². The summed E-state index contributed by atoms with van der Waals surface area (Å²) in [5.74, 6) is -0.880. The molecule has 0 bridgehead atoms. The predicted octanol–water partition coefficient (Wildman–Crippen LogP) is 2.92. The zero-order chi connectivity index (χ0) is 17.1. The van der Waals surface area contributed by atoms with Crippen molar-refractivity contribution in [3.63, 3.8) is 0 Å². The van der Waals surface area contributed by atoms with Gasteiger partial charge in [-0.25, -0.2) is 4.39 Å². The Hall–Kier alpha value is -2.53. The molecule has 124 valence electrons. The van der Waals surface area contributed by atoms with Gasteiger partial charge in [-0.3, -0.25) is 9.59 Å². The van der Waals surface area contributed by atoms with Gasteiger partial charge in [-0.1, -0.05) is 18.2 Å². The van der Waals surface area contributed by atoms with Crippen molar-refractivity contribution in [3.05, 3.63) is 71.0 Å². The van der Waals surface area contributed by atoms with Crippen molar-refractivity contribution in [2.24, 2.45) is 0 Å². The van der Waals surface area contributed by atoms with Gasteiger partial charge >= 0.3 is 0 Å². The number of nitrogens with zero attached hydrogens (tertiary/aromatic N) is 1. The Morgan fingerprint density at radius 3 is 2.42 bits per heavy atom. The van der Waals surface area contributed by atoms with E-state index in [2.05, 4.69) is 0 Å². The van der Waals surface area contributed by atoms with Gasteiger partial charge in [0.05, 0.1) is 18.3 Å². The van der Waals surface area contributed by atoms with Crippen LogP contribution in [0.4, 0.5) is 4.39 Å². The Bertz CT molecular complexity index is 757. The van der Waals surface area contributed by atoms with Crippen LogP contribution < -0.4 is 0 Å². The molecule has 0 aliphatic carbocycles. The second-order valence-corrected chi connectivity index (χ2v) is 5.81. The first-order chi connectivity index (χ1) is 11.6. The lowest BCUT2D eigenvalue weighted by Gasteiger charge is -2.31. The Morgan fingerprint density at radius 2 is 1.75 bits per heavy atom. The Balaban J connectivity index is 1.91. The number of benzene rings is 2. The van der Waals surface area contributed by atoms with E-state index < -0.39 is 5.82 Å². The summed E-state index contributed by atoms with van der Waals surface area (Å²) >= 11 is 0. The van der Waals surface area contributed by atoms with Crippen molar-refractivity contribution in [3.8, 4) is 0 Å². The number of ketones is 1.